The summed E-state index contributed by atoms with van der Waals surface area (Å²) in [5.74, 6) is 0. The van der Waals surface area contributed by atoms with Crippen molar-refractivity contribution in [2.45, 2.75) is 25.0 Å². The third-order valence-corrected chi connectivity index (χ3v) is 4.49. The van der Waals surface area contributed by atoms with Crippen molar-refractivity contribution in [2.75, 3.05) is 26.2 Å². The molecule has 3 heteroatoms. The van der Waals surface area contributed by atoms with E-state index in [0.29, 0.717) is 6.54 Å². The van der Waals surface area contributed by atoms with Gasteiger partial charge in [0.25, 0.3) is 0 Å². The van der Waals surface area contributed by atoms with Crippen molar-refractivity contribution in [3.63, 3.8) is 0 Å². The van der Waals surface area contributed by atoms with E-state index >= 15 is 0 Å². The number of likely N-dealkylation sites (tertiary alicyclic amines) is 1. The van der Waals surface area contributed by atoms with Crippen LogP contribution < -0.4 is 5.32 Å². The monoisotopic (exact) mass is 310 g/mol. The van der Waals surface area contributed by atoms with Crippen LogP contribution in [-0.2, 0) is 0 Å². The van der Waals surface area contributed by atoms with E-state index in [2.05, 4.69) is 58.7 Å². The Morgan fingerprint density at radius 1 is 0.870 bits per heavy atom. The third kappa shape index (κ3) is 4.64. The van der Waals surface area contributed by atoms with Gasteiger partial charge in [-0.1, -0.05) is 60.7 Å². The molecule has 23 heavy (non-hydrogen) atoms. The number of hydrogen-bond donors (Lipinski definition) is 2. The molecule has 2 N–H and O–H groups in total. The quantitative estimate of drug-likeness (QED) is 0.825. The van der Waals surface area contributed by atoms with Gasteiger partial charge >= 0.3 is 0 Å². The van der Waals surface area contributed by atoms with Crippen molar-refractivity contribution < 1.29 is 5.11 Å². The second kappa shape index (κ2) is 8.25. The highest BCUT2D eigenvalue weighted by Gasteiger charge is 2.18. The zero-order chi connectivity index (χ0) is 15.9. The number of aliphatic hydroxyl groups excluding tert-OH is 1. The molecule has 0 radical (unpaired) electrons. The molecule has 3 nitrogen and oxygen atoms in total. The molecule has 0 aromatic heterocycles. The lowest BCUT2D eigenvalue weighted by Gasteiger charge is -2.24. The van der Waals surface area contributed by atoms with Gasteiger partial charge in [-0.25, -0.2) is 0 Å². The minimum atomic E-state index is -0.331. The molecule has 1 fully saturated rings. The van der Waals surface area contributed by atoms with Gasteiger partial charge < -0.3 is 15.3 Å². The normalized spacial score (nSPS) is 16.8. The molecule has 1 heterocycles. The van der Waals surface area contributed by atoms with E-state index < -0.39 is 0 Å². The van der Waals surface area contributed by atoms with Gasteiger partial charge in [-0.2, -0.15) is 0 Å². The van der Waals surface area contributed by atoms with Crippen LogP contribution in [0.1, 0.15) is 30.0 Å². The number of benzene rings is 2. The Morgan fingerprint density at radius 3 is 1.91 bits per heavy atom. The van der Waals surface area contributed by atoms with E-state index in [1.165, 1.54) is 24.0 Å². The lowest BCUT2D eigenvalue weighted by Crippen LogP contribution is -2.38. The van der Waals surface area contributed by atoms with Crippen LogP contribution in [0.4, 0.5) is 0 Å². The van der Waals surface area contributed by atoms with Crippen molar-refractivity contribution in [1.29, 1.82) is 0 Å². The van der Waals surface area contributed by atoms with E-state index in [9.17, 15) is 5.11 Å². The molecule has 0 aliphatic carbocycles. The van der Waals surface area contributed by atoms with Gasteiger partial charge in [-0.05, 0) is 37.1 Å². The van der Waals surface area contributed by atoms with Crippen molar-refractivity contribution in [3.05, 3.63) is 71.8 Å². The topological polar surface area (TPSA) is 35.5 Å². The molecule has 0 bridgehead atoms. The zero-order valence-electron chi connectivity index (χ0n) is 13.6. The summed E-state index contributed by atoms with van der Waals surface area (Å²) in [7, 11) is 0. The Kier molecular flexibility index (Phi) is 5.81. The maximum atomic E-state index is 10.3. The van der Waals surface area contributed by atoms with Crippen molar-refractivity contribution in [3.8, 4) is 0 Å². The van der Waals surface area contributed by atoms with Gasteiger partial charge in [0.05, 0.1) is 12.1 Å². The molecule has 1 saturated heterocycles. The number of rotatable bonds is 7. The van der Waals surface area contributed by atoms with Crippen molar-refractivity contribution >= 4 is 0 Å². The van der Waals surface area contributed by atoms with Gasteiger partial charge in [0, 0.05) is 13.1 Å². The van der Waals surface area contributed by atoms with Crippen molar-refractivity contribution in [1.82, 2.24) is 10.2 Å². The summed E-state index contributed by atoms with van der Waals surface area (Å²) in [5, 5.41) is 13.9. The largest absolute Gasteiger partial charge is 0.390 e. The van der Waals surface area contributed by atoms with Crippen LogP contribution in [0.3, 0.4) is 0 Å². The average molecular weight is 310 g/mol. The SMILES string of the molecule is OC(CNC(c1ccccc1)c1ccccc1)CN1CCCC1. The number of aliphatic hydroxyl groups is 1. The first kappa shape index (κ1) is 16.2. The van der Waals surface area contributed by atoms with E-state index in [4.69, 9.17) is 0 Å². The van der Waals surface area contributed by atoms with Crippen LogP contribution >= 0.6 is 0 Å². The van der Waals surface area contributed by atoms with E-state index in [1.54, 1.807) is 0 Å². The van der Waals surface area contributed by atoms with Crippen LogP contribution in [0.5, 0.6) is 0 Å². The summed E-state index contributed by atoms with van der Waals surface area (Å²) in [6, 6.07) is 21.0. The van der Waals surface area contributed by atoms with Gasteiger partial charge in [0.2, 0.25) is 0 Å². The molecule has 1 aliphatic rings. The molecule has 1 unspecified atom stereocenters. The molecular weight excluding hydrogens is 284 g/mol. The molecule has 0 saturated carbocycles. The second-order valence-electron chi connectivity index (χ2n) is 6.32. The molecular formula is C20H26N2O. The molecule has 1 aliphatic heterocycles. The first-order valence-electron chi connectivity index (χ1n) is 8.56. The van der Waals surface area contributed by atoms with Crippen LogP contribution in [-0.4, -0.2) is 42.3 Å². The first-order valence-corrected chi connectivity index (χ1v) is 8.56. The van der Waals surface area contributed by atoms with E-state index in [0.717, 1.165) is 19.6 Å². The maximum absolute atomic E-state index is 10.3. The predicted molar refractivity (Wildman–Crippen MR) is 94.4 cm³/mol. The molecule has 0 spiro atoms. The smallest absolute Gasteiger partial charge is 0.0791 e. The average Bonchev–Trinajstić information content (AvgIpc) is 3.10. The number of β-amino-alcohol motifs (C(OH)–C–C–N with tert-alkyl or cyclic N) is 1. The van der Waals surface area contributed by atoms with Gasteiger partial charge in [0.1, 0.15) is 0 Å². The Hall–Kier alpha value is -1.68. The number of nitrogens with one attached hydrogen (secondary N) is 1. The number of hydrogen-bond acceptors (Lipinski definition) is 3. The van der Waals surface area contributed by atoms with Crippen LogP contribution in [0.2, 0.25) is 0 Å². The highest BCUT2D eigenvalue weighted by Crippen LogP contribution is 2.21. The van der Waals surface area contributed by atoms with Gasteiger partial charge in [-0.15, -0.1) is 0 Å². The highest BCUT2D eigenvalue weighted by atomic mass is 16.3. The minimum absolute atomic E-state index is 0.116. The lowest BCUT2D eigenvalue weighted by molar-refractivity contribution is 0.121. The summed E-state index contributed by atoms with van der Waals surface area (Å²) < 4.78 is 0. The molecule has 0 amide bonds. The summed E-state index contributed by atoms with van der Waals surface area (Å²) in [5.41, 5.74) is 2.46. The summed E-state index contributed by atoms with van der Waals surface area (Å²) in [6.07, 6.45) is 2.19. The Balaban J connectivity index is 1.64. The minimum Gasteiger partial charge on any atom is -0.390 e. The van der Waals surface area contributed by atoms with Gasteiger partial charge in [0.15, 0.2) is 0 Å². The Bertz CT molecular complexity index is 527. The van der Waals surface area contributed by atoms with E-state index in [-0.39, 0.29) is 12.1 Å². The lowest BCUT2D eigenvalue weighted by atomic mass is 9.98. The molecule has 122 valence electrons. The fourth-order valence-electron chi connectivity index (χ4n) is 3.30. The third-order valence-electron chi connectivity index (χ3n) is 4.49. The molecule has 2 aromatic carbocycles. The molecule has 2 aromatic rings. The summed E-state index contributed by atoms with van der Waals surface area (Å²) in [6.45, 7) is 3.62. The summed E-state index contributed by atoms with van der Waals surface area (Å²) >= 11 is 0. The highest BCUT2D eigenvalue weighted by molar-refractivity contribution is 5.31. The Labute approximate surface area is 139 Å². The standard InChI is InChI=1S/C20H26N2O/c23-19(16-22-13-7-8-14-22)15-21-20(17-9-3-1-4-10-17)18-11-5-2-6-12-18/h1-6,9-12,19-21,23H,7-8,13-16H2. The fraction of sp³-hybridized carbons (Fsp3) is 0.400. The van der Waals surface area contributed by atoms with E-state index in [1.807, 2.05) is 12.1 Å². The Morgan fingerprint density at radius 2 is 1.39 bits per heavy atom. The van der Waals surface area contributed by atoms with Gasteiger partial charge in [-0.3, -0.25) is 0 Å². The first-order chi connectivity index (χ1) is 11.3. The number of nitrogens with zero attached hydrogens (tertiary/aromatic N) is 1. The van der Waals surface area contributed by atoms with Crippen LogP contribution in [0.15, 0.2) is 60.7 Å². The predicted octanol–water partition coefficient (Wildman–Crippen LogP) is 2.82. The van der Waals surface area contributed by atoms with Crippen LogP contribution in [0.25, 0.3) is 0 Å². The molecule has 1 atom stereocenters. The molecule has 3 rings (SSSR count). The zero-order valence-corrected chi connectivity index (χ0v) is 13.6. The van der Waals surface area contributed by atoms with Crippen LogP contribution in [0, 0.1) is 0 Å². The fourth-order valence-corrected chi connectivity index (χ4v) is 3.30. The second-order valence-corrected chi connectivity index (χ2v) is 6.32. The summed E-state index contributed by atoms with van der Waals surface area (Å²) in [4.78, 5) is 2.35. The van der Waals surface area contributed by atoms with Crippen molar-refractivity contribution in [2.24, 2.45) is 0 Å². The maximum Gasteiger partial charge on any atom is 0.0791 e.